The minimum Gasteiger partial charge on any atom is -0.459 e. The van der Waals surface area contributed by atoms with Gasteiger partial charge >= 0.3 is 5.97 Å². The number of carbonyl (C=O) groups excluding carboxylic acids is 2. The van der Waals surface area contributed by atoms with E-state index in [9.17, 15) is 18.0 Å². The lowest BCUT2D eigenvalue weighted by atomic mass is 10.0. The van der Waals surface area contributed by atoms with Crippen molar-refractivity contribution in [2.45, 2.75) is 50.8 Å². The van der Waals surface area contributed by atoms with Crippen LogP contribution in [0.25, 0.3) is 0 Å². The molecule has 1 aliphatic heterocycles. The van der Waals surface area contributed by atoms with Crippen LogP contribution < -0.4 is 5.32 Å². The number of sulfonamides is 1. The largest absolute Gasteiger partial charge is 0.459 e. The zero-order valence-corrected chi connectivity index (χ0v) is 21.4. The molecule has 1 heterocycles. The highest BCUT2D eigenvalue weighted by Crippen LogP contribution is 2.25. The van der Waals surface area contributed by atoms with E-state index in [0.717, 1.165) is 11.1 Å². The normalized spacial score (nSPS) is 17.8. The molecular formula is C25H32N2O5S2. The highest BCUT2D eigenvalue weighted by molar-refractivity contribution is 7.99. The number of ether oxygens (including phenoxy) is 1. The second kappa shape index (κ2) is 11.9. The average Bonchev–Trinajstić information content (AvgIpc) is 2.82. The Hall–Kier alpha value is -2.36. The minimum absolute atomic E-state index is 0.108. The van der Waals surface area contributed by atoms with Gasteiger partial charge in [-0.15, -0.1) is 0 Å². The third-order valence-corrected chi connectivity index (χ3v) is 8.49. The van der Waals surface area contributed by atoms with Gasteiger partial charge in [-0.2, -0.15) is 16.1 Å². The van der Waals surface area contributed by atoms with Crippen molar-refractivity contribution < 1.29 is 22.7 Å². The summed E-state index contributed by atoms with van der Waals surface area (Å²) in [4.78, 5) is 26.3. The van der Waals surface area contributed by atoms with Crippen molar-refractivity contribution in [3.05, 3.63) is 65.7 Å². The number of thioether (sulfide) groups is 1. The number of aryl methyl sites for hydroxylation is 1. The van der Waals surface area contributed by atoms with Gasteiger partial charge < -0.3 is 10.1 Å². The lowest BCUT2D eigenvalue weighted by Gasteiger charge is -2.34. The fourth-order valence-corrected chi connectivity index (χ4v) is 6.56. The van der Waals surface area contributed by atoms with Gasteiger partial charge in [0.15, 0.2) is 0 Å². The molecular weight excluding hydrogens is 472 g/mol. The summed E-state index contributed by atoms with van der Waals surface area (Å²) >= 11 is 1.52. The standard InChI is InChI=1S/C25H32N2O5S2/c1-18(2)15-22(25(29)32-16-20-7-5-4-6-8-20)26-24(28)23-17-33-14-13-27(23)34(30,31)21-11-9-19(3)10-12-21/h4-12,18,22-23H,13-17H2,1-3H3,(H,26,28)/t22-,23+/m1/s1. The molecule has 2 aromatic rings. The summed E-state index contributed by atoms with van der Waals surface area (Å²) in [5, 5.41) is 2.78. The molecule has 34 heavy (non-hydrogen) atoms. The van der Waals surface area contributed by atoms with E-state index in [1.807, 2.05) is 51.1 Å². The van der Waals surface area contributed by atoms with Crippen molar-refractivity contribution in [3.8, 4) is 0 Å². The molecule has 0 unspecified atom stereocenters. The fourth-order valence-electron chi connectivity index (χ4n) is 3.71. The van der Waals surface area contributed by atoms with Gasteiger partial charge in [0.05, 0.1) is 4.90 Å². The molecule has 184 valence electrons. The monoisotopic (exact) mass is 504 g/mol. The quantitative estimate of drug-likeness (QED) is 0.527. The molecule has 1 saturated heterocycles. The number of rotatable bonds is 9. The number of benzene rings is 2. The van der Waals surface area contributed by atoms with Crippen molar-refractivity contribution in [1.82, 2.24) is 9.62 Å². The fraction of sp³-hybridized carbons (Fsp3) is 0.440. The second-order valence-electron chi connectivity index (χ2n) is 8.80. The van der Waals surface area contributed by atoms with Crippen molar-refractivity contribution >= 4 is 33.7 Å². The molecule has 2 aromatic carbocycles. The van der Waals surface area contributed by atoms with Gasteiger partial charge in [0.2, 0.25) is 15.9 Å². The van der Waals surface area contributed by atoms with Crippen LogP contribution in [-0.4, -0.2) is 54.7 Å². The number of nitrogens with one attached hydrogen (secondary N) is 1. The molecule has 0 saturated carbocycles. The Balaban J connectivity index is 1.74. The molecule has 1 amide bonds. The molecule has 0 spiro atoms. The lowest BCUT2D eigenvalue weighted by Crippen LogP contribution is -2.56. The summed E-state index contributed by atoms with van der Waals surface area (Å²) in [5.41, 5.74) is 1.80. The molecule has 0 aliphatic carbocycles. The highest BCUT2D eigenvalue weighted by Gasteiger charge is 2.39. The van der Waals surface area contributed by atoms with Gasteiger partial charge in [-0.05, 0) is 37.0 Å². The van der Waals surface area contributed by atoms with E-state index < -0.39 is 34.0 Å². The molecule has 0 bridgehead atoms. The maximum atomic E-state index is 13.3. The van der Waals surface area contributed by atoms with Gasteiger partial charge in [0.25, 0.3) is 0 Å². The van der Waals surface area contributed by atoms with Crippen LogP contribution in [-0.2, 0) is 31.0 Å². The number of hydrogen-bond donors (Lipinski definition) is 1. The van der Waals surface area contributed by atoms with E-state index in [1.54, 1.807) is 24.3 Å². The van der Waals surface area contributed by atoms with Crippen LogP contribution in [0.1, 0.15) is 31.4 Å². The molecule has 0 aromatic heterocycles. The second-order valence-corrected chi connectivity index (χ2v) is 11.8. The minimum atomic E-state index is -3.86. The van der Waals surface area contributed by atoms with Gasteiger partial charge in [-0.1, -0.05) is 61.9 Å². The molecule has 2 atom stereocenters. The van der Waals surface area contributed by atoms with Crippen LogP contribution in [0.4, 0.5) is 0 Å². The van der Waals surface area contributed by atoms with Gasteiger partial charge in [-0.3, -0.25) is 4.79 Å². The van der Waals surface area contributed by atoms with Crippen LogP contribution >= 0.6 is 11.8 Å². The first-order valence-corrected chi connectivity index (χ1v) is 13.9. The summed E-state index contributed by atoms with van der Waals surface area (Å²) in [5.74, 6) is 0.0450. The van der Waals surface area contributed by atoms with Crippen LogP contribution in [0, 0.1) is 12.8 Å². The Morgan fingerprint density at radius 3 is 2.44 bits per heavy atom. The third-order valence-electron chi connectivity index (χ3n) is 5.54. The molecule has 1 N–H and O–H groups in total. The van der Waals surface area contributed by atoms with E-state index in [1.165, 1.54) is 16.1 Å². The van der Waals surface area contributed by atoms with E-state index >= 15 is 0 Å². The molecule has 3 rings (SSSR count). The van der Waals surface area contributed by atoms with Crippen LogP contribution in [0.2, 0.25) is 0 Å². The van der Waals surface area contributed by atoms with Crippen LogP contribution in [0.15, 0.2) is 59.5 Å². The van der Waals surface area contributed by atoms with Crippen molar-refractivity contribution in [2.24, 2.45) is 5.92 Å². The third kappa shape index (κ3) is 6.84. The molecule has 7 nitrogen and oxygen atoms in total. The summed E-state index contributed by atoms with van der Waals surface area (Å²) in [7, 11) is -3.86. The predicted octanol–water partition coefficient (Wildman–Crippen LogP) is 3.38. The maximum Gasteiger partial charge on any atom is 0.328 e. The number of hydrogen-bond acceptors (Lipinski definition) is 6. The van der Waals surface area contributed by atoms with Crippen molar-refractivity contribution in [3.63, 3.8) is 0 Å². The number of esters is 1. The molecule has 1 fully saturated rings. The molecule has 9 heteroatoms. The van der Waals surface area contributed by atoms with Crippen LogP contribution in [0.5, 0.6) is 0 Å². The first kappa shape index (κ1) is 26.2. The van der Waals surface area contributed by atoms with E-state index in [-0.39, 0.29) is 24.0 Å². The zero-order valence-electron chi connectivity index (χ0n) is 19.8. The van der Waals surface area contributed by atoms with Crippen molar-refractivity contribution in [2.75, 3.05) is 18.1 Å². The Morgan fingerprint density at radius 1 is 1.12 bits per heavy atom. The van der Waals surface area contributed by atoms with Crippen LogP contribution in [0.3, 0.4) is 0 Å². The summed E-state index contributed by atoms with van der Waals surface area (Å²) in [6, 6.07) is 14.2. The topological polar surface area (TPSA) is 92.8 Å². The summed E-state index contributed by atoms with van der Waals surface area (Å²) in [6.07, 6.45) is 0.393. The van der Waals surface area contributed by atoms with E-state index in [2.05, 4.69) is 5.32 Å². The Bertz CT molecular complexity index is 1070. The first-order chi connectivity index (χ1) is 16.2. The smallest absolute Gasteiger partial charge is 0.328 e. The summed E-state index contributed by atoms with van der Waals surface area (Å²) < 4.78 is 33.3. The van der Waals surface area contributed by atoms with Crippen molar-refractivity contribution in [1.29, 1.82) is 0 Å². The maximum absolute atomic E-state index is 13.3. The zero-order chi connectivity index (χ0) is 24.7. The SMILES string of the molecule is Cc1ccc(S(=O)(=O)N2CCSC[C@H]2C(=O)N[C@H](CC(C)C)C(=O)OCc2ccccc2)cc1. The predicted molar refractivity (Wildman–Crippen MR) is 134 cm³/mol. The average molecular weight is 505 g/mol. The Labute approximate surface area is 206 Å². The number of amides is 1. The van der Waals surface area contributed by atoms with E-state index in [0.29, 0.717) is 17.9 Å². The number of carbonyl (C=O) groups is 2. The lowest BCUT2D eigenvalue weighted by molar-refractivity contribution is -0.150. The summed E-state index contributed by atoms with van der Waals surface area (Å²) in [6.45, 7) is 6.13. The Kier molecular flexibility index (Phi) is 9.16. The van der Waals surface area contributed by atoms with Gasteiger partial charge in [0.1, 0.15) is 18.7 Å². The van der Waals surface area contributed by atoms with Gasteiger partial charge in [-0.25, -0.2) is 13.2 Å². The van der Waals surface area contributed by atoms with E-state index in [4.69, 9.17) is 4.74 Å². The van der Waals surface area contributed by atoms with Gasteiger partial charge in [0, 0.05) is 18.1 Å². The number of nitrogens with zero attached hydrogens (tertiary/aromatic N) is 1. The molecule has 0 radical (unpaired) electrons. The Morgan fingerprint density at radius 2 is 1.79 bits per heavy atom. The highest BCUT2D eigenvalue weighted by atomic mass is 32.2. The first-order valence-electron chi connectivity index (χ1n) is 11.4. The molecule has 1 aliphatic rings.